The number of carboxylic acid groups (broad SMARTS) is 1. The fraction of sp³-hybridized carbons (Fsp3) is 0.298. The van der Waals surface area contributed by atoms with Crippen LogP contribution >= 0.6 is 34.8 Å². The van der Waals surface area contributed by atoms with Crippen molar-refractivity contribution in [2.24, 2.45) is 5.73 Å². The van der Waals surface area contributed by atoms with Gasteiger partial charge in [0, 0.05) is 56.2 Å². The Bertz CT molecular complexity index is 4690. The lowest BCUT2D eigenvalue weighted by Crippen LogP contribution is -2.48. The fourth-order valence-electron chi connectivity index (χ4n) is 13.8. The summed E-state index contributed by atoms with van der Waals surface area (Å²) in [5.41, 5.74) is 18.1. The summed E-state index contributed by atoms with van der Waals surface area (Å²) in [7, 11) is 0. The SMILES string of the molecule is CC(C)(C)OC(=O)CCC(=O)O.CCN(C(C)C)C(C)C.Cc1ccc(C(Cl)(c2ccccc2)c2ccccc2Cl)cc1.Cc1ccc(C(OC(=O)[C@H](CC(=O)OC(C)(C)C)NC(=O)OCC2c3ccccc3-c3ccccc32)(c2ccccc2)c2ccccc2Cl)cc1.NC(=O)OCC1c2ccccc2-c2ccccc21. The van der Waals surface area contributed by atoms with Crippen LogP contribution in [0.3, 0.4) is 0 Å². The third-order valence-corrected chi connectivity index (χ3v) is 20.0. The number of halogens is 3. The van der Waals surface area contributed by atoms with Gasteiger partial charge in [0.2, 0.25) is 0 Å². The number of ether oxygens (including phenoxy) is 5. The Morgan fingerprint density at radius 2 is 0.812 bits per heavy atom. The monoisotopic (exact) mass is 1570 g/mol. The van der Waals surface area contributed by atoms with E-state index in [-0.39, 0.29) is 31.3 Å². The molecule has 4 N–H and O–H groups in total. The maximum Gasteiger partial charge on any atom is 0.407 e. The summed E-state index contributed by atoms with van der Waals surface area (Å²) in [6.45, 7) is 27.1. The maximum atomic E-state index is 14.5. The number of aryl methyl sites for hydroxylation is 2. The van der Waals surface area contributed by atoms with Crippen LogP contribution in [0.2, 0.25) is 10.0 Å². The third kappa shape index (κ3) is 23.3. The van der Waals surface area contributed by atoms with Crippen molar-refractivity contribution in [2.75, 3.05) is 19.8 Å². The van der Waals surface area contributed by atoms with Crippen molar-refractivity contribution in [1.29, 1.82) is 0 Å². The normalized spacial score (nSPS) is 13.2. The Balaban J connectivity index is 0.000000210. The largest absolute Gasteiger partial charge is 0.481 e. The number of carbonyl (C=O) groups excluding carboxylic acids is 5. The summed E-state index contributed by atoms with van der Waals surface area (Å²) in [6.07, 6.45) is -2.33. The van der Waals surface area contributed by atoms with Gasteiger partial charge in [-0.15, -0.1) is 11.6 Å². The van der Waals surface area contributed by atoms with Crippen LogP contribution in [0.1, 0.15) is 174 Å². The average molecular weight is 1570 g/mol. The number of benzene rings is 10. The molecule has 2 amide bonds. The minimum atomic E-state index is -1.56. The molecular formula is C94H102Cl3N3O12. The molecule has 0 radical (unpaired) electrons. The molecule has 112 heavy (non-hydrogen) atoms. The topological polar surface area (TPSA) is 210 Å². The molecule has 12 rings (SSSR count). The second-order valence-electron chi connectivity index (χ2n) is 29.9. The lowest BCUT2D eigenvalue weighted by molar-refractivity contribution is -0.163. The average Bonchev–Trinajstić information content (AvgIpc) is 1.18. The van der Waals surface area contributed by atoms with Gasteiger partial charge in [-0.1, -0.05) is 284 Å². The van der Waals surface area contributed by atoms with Crippen LogP contribution in [0.15, 0.2) is 255 Å². The zero-order valence-corrected chi connectivity index (χ0v) is 68.2. The van der Waals surface area contributed by atoms with Crippen LogP contribution in [0, 0.1) is 13.8 Å². The molecule has 0 aliphatic heterocycles. The van der Waals surface area contributed by atoms with Crippen LogP contribution in [-0.4, -0.2) is 95.2 Å². The number of nitrogens with two attached hydrogens (primary N) is 1. The fourth-order valence-corrected chi connectivity index (χ4v) is 14.8. The summed E-state index contributed by atoms with van der Waals surface area (Å²) in [4.78, 5) is 74.7. The van der Waals surface area contributed by atoms with Crippen LogP contribution < -0.4 is 11.1 Å². The van der Waals surface area contributed by atoms with Gasteiger partial charge in [-0.3, -0.25) is 19.3 Å². The molecule has 2 aliphatic carbocycles. The van der Waals surface area contributed by atoms with Crippen LogP contribution in [0.4, 0.5) is 9.59 Å². The van der Waals surface area contributed by atoms with Gasteiger partial charge in [0.15, 0.2) is 5.60 Å². The number of aliphatic carboxylic acids is 1. The van der Waals surface area contributed by atoms with E-state index >= 15 is 0 Å². The summed E-state index contributed by atoms with van der Waals surface area (Å²) < 4.78 is 27.8. The number of hydrogen-bond donors (Lipinski definition) is 3. The summed E-state index contributed by atoms with van der Waals surface area (Å²) in [5.74, 6) is -3.14. The number of primary amides is 1. The highest BCUT2D eigenvalue weighted by Crippen LogP contribution is 2.49. The lowest BCUT2D eigenvalue weighted by Gasteiger charge is -2.37. The molecule has 15 nitrogen and oxygen atoms in total. The van der Waals surface area contributed by atoms with Gasteiger partial charge in [0.25, 0.3) is 0 Å². The Kier molecular flexibility index (Phi) is 31.1. The predicted molar refractivity (Wildman–Crippen MR) is 447 cm³/mol. The van der Waals surface area contributed by atoms with E-state index in [0.29, 0.717) is 45.4 Å². The maximum absolute atomic E-state index is 14.5. The van der Waals surface area contributed by atoms with Crippen molar-refractivity contribution in [3.63, 3.8) is 0 Å². The van der Waals surface area contributed by atoms with E-state index in [1.807, 2.05) is 195 Å². The number of carboxylic acids is 1. The molecule has 0 saturated carbocycles. The first-order chi connectivity index (χ1) is 53.3. The number of carbonyl (C=O) groups is 6. The number of amides is 2. The lowest BCUT2D eigenvalue weighted by atomic mass is 9.79. The van der Waals surface area contributed by atoms with Crippen molar-refractivity contribution >= 4 is 70.9 Å². The van der Waals surface area contributed by atoms with E-state index in [1.54, 1.807) is 59.7 Å². The predicted octanol–water partition coefficient (Wildman–Crippen LogP) is 21.5. The van der Waals surface area contributed by atoms with Gasteiger partial charge >= 0.3 is 36.1 Å². The molecule has 0 saturated heterocycles. The quantitative estimate of drug-likeness (QED) is 0.0265. The first kappa shape index (κ1) is 87.0. The molecule has 3 atom stereocenters. The second-order valence-corrected chi connectivity index (χ2v) is 31.2. The van der Waals surface area contributed by atoms with Crippen LogP contribution in [0.25, 0.3) is 22.3 Å². The molecule has 10 aromatic carbocycles. The van der Waals surface area contributed by atoms with Crippen molar-refractivity contribution in [3.8, 4) is 22.3 Å². The zero-order valence-electron chi connectivity index (χ0n) is 66.0. The van der Waals surface area contributed by atoms with E-state index in [1.165, 1.54) is 27.8 Å². The number of fused-ring (bicyclic) bond motifs is 6. The standard InChI is InChI=1S/C43H40ClNO6.C20H16Cl2.C15H13NO2.C8H19N.C8H14O4/c1-28-22-24-30(25-23-28)43(29-14-6-5-7-15-29,36-20-12-13-21-37(36)44)51-40(47)38(26-39(46)50-42(2,3)4)45-41(48)49-27-35-33-18-10-8-16-31(33)32-17-9-11-19-34(32)35;1-15-11-13-17(14-12-15)20(22,16-7-3-2-4-8-16)18-9-5-6-10-19(18)21;16-15(17)18-9-14-12-7-3-1-5-10(12)11-6-2-4-8-13(11)14;1-6-9(7(2)3)8(4)5;1-8(2,3)12-7(11)5-4-6(9)10/h5-25,35,38H,26-27H2,1-4H3,(H,45,48);2-14H,1H3;1-8,14H,9H2,(H2,16,17);7-8H,6H2,1-5H3;4-5H2,1-3H3,(H,9,10)/t38-,43?;;;;/m0..../s1. The molecule has 586 valence electrons. The highest BCUT2D eigenvalue weighted by molar-refractivity contribution is 6.35. The van der Waals surface area contributed by atoms with Gasteiger partial charge in [0.1, 0.15) is 35.3 Å². The number of alkyl halides is 1. The smallest absolute Gasteiger partial charge is 0.407 e. The van der Waals surface area contributed by atoms with E-state index in [0.717, 1.165) is 51.1 Å². The van der Waals surface area contributed by atoms with E-state index < -0.39 is 70.2 Å². The molecule has 0 bridgehead atoms. The van der Waals surface area contributed by atoms with Gasteiger partial charge in [-0.2, -0.15) is 0 Å². The summed E-state index contributed by atoms with van der Waals surface area (Å²) in [6, 6.07) is 82.4. The Labute approximate surface area is 674 Å². The number of hydrogen-bond acceptors (Lipinski definition) is 12. The van der Waals surface area contributed by atoms with Gasteiger partial charge in [-0.25, -0.2) is 14.4 Å². The first-order valence-electron chi connectivity index (χ1n) is 37.6. The van der Waals surface area contributed by atoms with Gasteiger partial charge < -0.3 is 39.8 Å². The Morgan fingerprint density at radius 1 is 0.455 bits per heavy atom. The molecular weight excluding hydrogens is 1470 g/mol. The Hall–Kier alpha value is -10.6. The third-order valence-electron chi connectivity index (χ3n) is 18.7. The molecule has 0 fully saturated rings. The van der Waals surface area contributed by atoms with Crippen molar-refractivity contribution in [3.05, 3.63) is 332 Å². The summed E-state index contributed by atoms with van der Waals surface area (Å²) >= 11 is 20.5. The van der Waals surface area contributed by atoms with Crippen molar-refractivity contribution < 1.29 is 57.6 Å². The molecule has 0 aromatic heterocycles. The number of alkyl carbamates (subject to hydrolysis) is 1. The van der Waals surface area contributed by atoms with E-state index in [4.69, 9.17) is 69.3 Å². The Morgan fingerprint density at radius 3 is 1.21 bits per heavy atom. The number of esters is 3. The minimum absolute atomic E-state index is 0.0189. The number of nitrogens with zero attached hydrogens (tertiary/aromatic N) is 1. The minimum Gasteiger partial charge on any atom is -0.481 e. The summed E-state index contributed by atoms with van der Waals surface area (Å²) in [5, 5.41) is 11.9. The second kappa shape index (κ2) is 40.1. The highest BCUT2D eigenvalue weighted by Gasteiger charge is 2.45. The number of nitrogens with one attached hydrogen (secondary N) is 1. The molecule has 0 heterocycles. The van der Waals surface area contributed by atoms with Crippen molar-refractivity contribution in [1.82, 2.24) is 10.2 Å². The molecule has 18 heteroatoms. The zero-order chi connectivity index (χ0) is 81.5. The first-order valence-corrected chi connectivity index (χ1v) is 38.7. The molecule has 2 aliphatic rings. The van der Waals surface area contributed by atoms with Gasteiger partial charge in [-0.05, 0) is 157 Å². The molecule has 2 unspecified atom stereocenters. The van der Waals surface area contributed by atoms with E-state index in [2.05, 4.69) is 100 Å². The van der Waals surface area contributed by atoms with Crippen LogP contribution in [-0.2, 0) is 53.3 Å². The number of rotatable bonds is 21. The molecule has 10 aromatic rings. The molecule has 0 spiro atoms. The van der Waals surface area contributed by atoms with Crippen LogP contribution in [0.5, 0.6) is 0 Å². The van der Waals surface area contributed by atoms with Gasteiger partial charge in [0.05, 0.1) is 19.3 Å². The van der Waals surface area contributed by atoms with Crippen molar-refractivity contribution in [2.45, 2.75) is 161 Å². The highest BCUT2D eigenvalue weighted by atomic mass is 35.5. The van der Waals surface area contributed by atoms with E-state index in [9.17, 15) is 28.8 Å².